The second-order valence-corrected chi connectivity index (χ2v) is 17.6. The third-order valence-corrected chi connectivity index (χ3v) is 12.0. The van der Waals surface area contributed by atoms with Crippen LogP contribution in [0.15, 0.2) is 0 Å². The molecule has 59 heavy (non-hydrogen) atoms. The summed E-state index contributed by atoms with van der Waals surface area (Å²) in [5.74, 6) is 0. The highest BCUT2D eigenvalue weighted by atomic mass is 19.0. The maximum Gasteiger partial charge on any atom is 0.259 e. The number of carboxylic acid groups (broad SMARTS) is 2. The molecular formula is C50H108FN3O5. The van der Waals surface area contributed by atoms with Crippen LogP contribution in [0.4, 0.5) is 9.59 Å². The zero-order valence-electron chi connectivity index (χ0n) is 42.2. The molecule has 9 heteroatoms. The Hall–Kier alpha value is -1.45. The topological polar surface area (TPSA) is 89.5 Å². The summed E-state index contributed by atoms with van der Waals surface area (Å²) in [6.45, 7) is 45.1. The van der Waals surface area contributed by atoms with Gasteiger partial charge in [0.2, 0.25) is 0 Å². The van der Waals surface area contributed by atoms with E-state index in [-0.39, 0.29) is 4.70 Å². The molecule has 0 atom stereocenters. The molecule has 0 N–H and O–H groups in total. The monoisotopic (exact) mass is 850 g/mol. The van der Waals surface area contributed by atoms with Crippen molar-refractivity contribution in [3.8, 4) is 0 Å². The average molecular weight is 850 g/mol. The fourth-order valence-corrected chi connectivity index (χ4v) is 8.00. The van der Waals surface area contributed by atoms with Crippen LogP contribution in [0.25, 0.3) is 0 Å². The first kappa shape index (κ1) is 66.6. The summed E-state index contributed by atoms with van der Waals surface area (Å²) in [6, 6.07) is 0. The highest BCUT2D eigenvalue weighted by molar-refractivity contribution is 5.71. The molecule has 0 saturated heterocycles. The summed E-state index contributed by atoms with van der Waals surface area (Å²) >= 11 is 0. The van der Waals surface area contributed by atoms with Crippen molar-refractivity contribution in [1.29, 1.82) is 0 Å². The van der Waals surface area contributed by atoms with Gasteiger partial charge in [-0.1, -0.05) is 160 Å². The smallest absolute Gasteiger partial charge is 0.259 e. The molecule has 360 valence electrons. The van der Waals surface area contributed by atoms with Crippen LogP contribution in [-0.2, 0) is 4.74 Å². The van der Waals surface area contributed by atoms with Crippen LogP contribution in [0.3, 0.4) is 0 Å². The van der Waals surface area contributed by atoms with Crippen LogP contribution in [-0.4, -0.2) is 104 Å². The molecule has 0 aromatic carbocycles. The number of quaternary nitrogens is 3. The van der Waals surface area contributed by atoms with Crippen LogP contribution >= 0.6 is 0 Å². The number of halogens is 1. The van der Waals surface area contributed by atoms with E-state index in [1.54, 1.807) is 0 Å². The first-order valence-corrected chi connectivity index (χ1v) is 25.5. The Labute approximate surface area is 369 Å². The van der Waals surface area contributed by atoms with Crippen molar-refractivity contribution in [3.05, 3.63) is 0 Å². The van der Waals surface area contributed by atoms with E-state index in [1.165, 1.54) is 246 Å². The minimum atomic E-state index is -2.12. The second kappa shape index (κ2) is 49.2. The Bertz CT molecular complexity index is 637. The average Bonchev–Trinajstić information content (AvgIpc) is 3.22. The van der Waals surface area contributed by atoms with Crippen molar-refractivity contribution >= 4 is 12.3 Å². The molecule has 0 bridgehead atoms. The van der Waals surface area contributed by atoms with Crippen LogP contribution in [0.1, 0.15) is 237 Å². The fraction of sp³-hybridized carbons (Fsp3) is 0.960. The Morgan fingerprint density at radius 2 is 0.390 bits per heavy atom. The lowest BCUT2D eigenvalue weighted by atomic mass is 10.1. The standard InChI is InChI=1S/3C16H36N.C2H2O5.FH/c3*1-5-9-13-17(14-10-6-2,15-11-7-3)16-12-8-4;3-1(4)7-2(5)6;/h3*5-16H2,1-4H3;(H,3,4)(H,5,6);1H/q3*+1;;/p-3. The predicted octanol–water partition coefficient (Wildman–Crippen LogP) is 9.70. The maximum absolute atomic E-state index is 9.06. The molecule has 0 aliphatic rings. The third kappa shape index (κ3) is 43.0. The molecule has 0 amide bonds. The molecule has 0 rings (SSSR count). The molecule has 0 aliphatic carbocycles. The van der Waals surface area contributed by atoms with E-state index in [0.29, 0.717) is 0 Å². The van der Waals surface area contributed by atoms with Crippen molar-refractivity contribution in [3.63, 3.8) is 0 Å². The van der Waals surface area contributed by atoms with Gasteiger partial charge in [0, 0.05) is 0 Å². The molecule has 0 aromatic heterocycles. The van der Waals surface area contributed by atoms with E-state index in [0.717, 1.165) is 0 Å². The van der Waals surface area contributed by atoms with Crippen molar-refractivity contribution in [2.75, 3.05) is 78.5 Å². The van der Waals surface area contributed by atoms with Crippen LogP contribution in [0, 0.1) is 0 Å². The highest BCUT2D eigenvalue weighted by Gasteiger charge is 2.26. The molecule has 0 fully saturated rings. The molecule has 0 saturated carbocycles. The maximum atomic E-state index is 9.06. The largest absolute Gasteiger partial charge is 1.00 e. The quantitative estimate of drug-likeness (QED) is 0.0356. The van der Waals surface area contributed by atoms with Gasteiger partial charge in [0.25, 0.3) is 12.3 Å². The van der Waals surface area contributed by atoms with Gasteiger partial charge in [-0.2, -0.15) is 0 Å². The van der Waals surface area contributed by atoms with Gasteiger partial charge in [-0.25, -0.2) is 0 Å². The Kier molecular flexibility index (Phi) is 55.6. The van der Waals surface area contributed by atoms with Gasteiger partial charge in [0.1, 0.15) is 0 Å². The van der Waals surface area contributed by atoms with Gasteiger partial charge in [-0.05, 0) is 77.0 Å². The number of carbonyl (C=O) groups excluding carboxylic acids is 2. The van der Waals surface area contributed by atoms with Gasteiger partial charge in [0.05, 0.1) is 78.5 Å². The summed E-state index contributed by atoms with van der Waals surface area (Å²) in [5.41, 5.74) is 0. The van der Waals surface area contributed by atoms with E-state index in [1.807, 2.05) is 0 Å². The SMILES string of the molecule is CCCC[N+](CCCC)(CCCC)CCCC.CCCC[N+](CCCC)(CCCC)CCCC.CCCC[N+](CCCC)(CCCC)CCCC.O=C([O-])OC(=O)[O-].[F-]. The lowest BCUT2D eigenvalue weighted by Crippen LogP contribution is -3.00. The number of ether oxygens (including phenoxy) is 1. The van der Waals surface area contributed by atoms with E-state index in [9.17, 15) is 0 Å². The molecule has 0 heterocycles. The van der Waals surface area contributed by atoms with Crippen molar-refractivity contribution in [2.24, 2.45) is 0 Å². The Morgan fingerprint density at radius 1 is 0.288 bits per heavy atom. The molecule has 0 spiro atoms. The minimum absolute atomic E-state index is 0. The lowest BCUT2D eigenvalue weighted by Gasteiger charge is -2.39. The van der Waals surface area contributed by atoms with Gasteiger partial charge in [0.15, 0.2) is 0 Å². The zero-order valence-corrected chi connectivity index (χ0v) is 42.2. The Morgan fingerprint density at radius 3 is 0.441 bits per heavy atom. The molecular weight excluding hydrogens is 742 g/mol. The van der Waals surface area contributed by atoms with Gasteiger partial charge in [-0.15, -0.1) is 0 Å². The summed E-state index contributed by atoms with van der Waals surface area (Å²) < 4.78 is 7.12. The first-order valence-electron chi connectivity index (χ1n) is 25.5. The number of hydrogen-bond donors (Lipinski definition) is 0. The molecule has 0 unspecified atom stereocenters. The fourth-order valence-electron chi connectivity index (χ4n) is 8.00. The summed E-state index contributed by atoms with van der Waals surface area (Å²) in [6.07, 6.45) is 28.9. The number of hydrogen-bond acceptors (Lipinski definition) is 5. The predicted molar refractivity (Wildman–Crippen MR) is 250 cm³/mol. The van der Waals surface area contributed by atoms with E-state index in [2.05, 4.69) is 87.8 Å². The van der Waals surface area contributed by atoms with E-state index < -0.39 is 12.3 Å². The normalized spacial score (nSPS) is 11.3. The van der Waals surface area contributed by atoms with Crippen LogP contribution in [0.5, 0.6) is 0 Å². The lowest BCUT2D eigenvalue weighted by molar-refractivity contribution is -0.929. The van der Waals surface area contributed by atoms with Crippen LogP contribution < -0.4 is 14.9 Å². The van der Waals surface area contributed by atoms with Crippen molar-refractivity contribution < 1.29 is 42.7 Å². The summed E-state index contributed by atoms with van der Waals surface area (Å²) in [5, 5.41) is 18.1. The Balaban J connectivity index is -0.000000226. The van der Waals surface area contributed by atoms with Crippen molar-refractivity contribution in [2.45, 2.75) is 237 Å². The van der Waals surface area contributed by atoms with Gasteiger partial charge >= 0.3 is 0 Å². The molecule has 8 nitrogen and oxygen atoms in total. The highest BCUT2D eigenvalue weighted by Crippen LogP contribution is 2.19. The second-order valence-electron chi connectivity index (χ2n) is 17.6. The molecule has 0 radical (unpaired) electrons. The number of nitrogens with zero attached hydrogens (tertiary/aromatic N) is 3. The zero-order chi connectivity index (χ0) is 44.8. The van der Waals surface area contributed by atoms with Gasteiger partial charge < -0.3 is 42.7 Å². The van der Waals surface area contributed by atoms with Gasteiger partial charge in [-0.3, -0.25) is 0 Å². The van der Waals surface area contributed by atoms with E-state index in [4.69, 9.17) is 19.8 Å². The third-order valence-electron chi connectivity index (χ3n) is 12.0. The minimum Gasteiger partial charge on any atom is -1.00 e. The number of unbranched alkanes of at least 4 members (excludes halogenated alkanes) is 12. The molecule has 0 aromatic rings. The number of rotatable bonds is 36. The molecule has 0 aliphatic heterocycles. The first-order chi connectivity index (χ1) is 27.9. The summed E-state index contributed by atoms with van der Waals surface area (Å²) in [4.78, 5) is 18.1. The summed E-state index contributed by atoms with van der Waals surface area (Å²) in [7, 11) is 0. The van der Waals surface area contributed by atoms with Crippen LogP contribution in [0.2, 0.25) is 0 Å². The van der Waals surface area contributed by atoms with E-state index >= 15 is 0 Å². The number of carbonyl (C=O) groups is 2. The van der Waals surface area contributed by atoms with Crippen molar-refractivity contribution in [1.82, 2.24) is 0 Å².